The summed E-state index contributed by atoms with van der Waals surface area (Å²) in [7, 11) is 1.88. The Balaban J connectivity index is 2.31. The van der Waals surface area contributed by atoms with Crippen LogP contribution in [0, 0.1) is 10.1 Å². The van der Waals surface area contributed by atoms with E-state index in [-0.39, 0.29) is 12.3 Å². The molecule has 0 unspecified atom stereocenters. The molecule has 1 aromatic carbocycles. The molecule has 21 heavy (non-hydrogen) atoms. The molecule has 112 valence electrons. The summed E-state index contributed by atoms with van der Waals surface area (Å²) < 4.78 is 1.82. The molecule has 0 saturated heterocycles. The first-order valence-electron chi connectivity index (χ1n) is 6.94. The van der Waals surface area contributed by atoms with Crippen molar-refractivity contribution in [3.05, 3.63) is 56.9 Å². The Labute approximate surface area is 123 Å². The maximum atomic E-state index is 10.7. The van der Waals surface area contributed by atoms with Gasteiger partial charge in [0.25, 0.3) is 5.69 Å². The first-order valence-corrected chi connectivity index (χ1v) is 6.94. The molecule has 0 aliphatic carbocycles. The van der Waals surface area contributed by atoms with E-state index in [4.69, 9.17) is 0 Å². The van der Waals surface area contributed by atoms with Crippen molar-refractivity contribution in [3.63, 3.8) is 0 Å². The van der Waals surface area contributed by atoms with E-state index in [1.54, 1.807) is 12.1 Å². The van der Waals surface area contributed by atoms with Crippen molar-refractivity contribution in [1.29, 1.82) is 0 Å². The number of rotatable bonds is 6. The molecule has 0 bridgehead atoms. The second kappa shape index (κ2) is 6.49. The summed E-state index contributed by atoms with van der Waals surface area (Å²) in [5.41, 5.74) is 3.87. The number of aryl methyl sites for hydroxylation is 1. The van der Waals surface area contributed by atoms with E-state index in [1.165, 1.54) is 12.1 Å². The van der Waals surface area contributed by atoms with Gasteiger partial charge in [-0.05, 0) is 12.0 Å². The van der Waals surface area contributed by atoms with E-state index < -0.39 is 4.92 Å². The lowest BCUT2D eigenvalue weighted by Crippen LogP contribution is -2.01. The third-order valence-electron chi connectivity index (χ3n) is 3.52. The Bertz CT molecular complexity index is 632. The van der Waals surface area contributed by atoms with Gasteiger partial charge in [0.05, 0.1) is 17.2 Å². The van der Waals surface area contributed by atoms with E-state index >= 15 is 0 Å². The van der Waals surface area contributed by atoms with Gasteiger partial charge in [0.15, 0.2) is 0 Å². The molecule has 0 aliphatic rings. The molecule has 0 fully saturated rings. The molecule has 0 amide bonds. The SMILES string of the molecule is CCCc1c(Cc2ccc([N+](=O)[O-])cc2)c(CO)nn1C. The number of aromatic nitrogens is 2. The van der Waals surface area contributed by atoms with Gasteiger partial charge in [-0.25, -0.2) is 0 Å². The van der Waals surface area contributed by atoms with Gasteiger partial charge in [-0.3, -0.25) is 14.8 Å². The number of benzene rings is 1. The quantitative estimate of drug-likeness (QED) is 0.654. The Morgan fingerprint density at radius 1 is 1.33 bits per heavy atom. The molecule has 6 nitrogen and oxygen atoms in total. The molecular formula is C15H19N3O3. The first kappa shape index (κ1) is 15.2. The van der Waals surface area contributed by atoms with E-state index in [1.807, 2.05) is 11.7 Å². The zero-order chi connectivity index (χ0) is 15.4. The molecule has 2 aromatic rings. The van der Waals surface area contributed by atoms with Gasteiger partial charge in [-0.2, -0.15) is 5.10 Å². The summed E-state index contributed by atoms with van der Waals surface area (Å²) in [5.74, 6) is 0. The fourth-order valence-corrected chi connectivity index (χ4v) is 2.48. The lowest BCUT2D eigenvalue weighted by atomic mass is 10.0. The molecule has 6 heteroatoms. The highest BCUT2D eigenvalue weighted by molar-refractivity contribution is 5.37. The number of non-ortho nitro benzene ring substituents is 1. The van der Waals surface area contributed by atoms with E-state index in [0.717, 1.165) is 29.7 Å². The second-order valence-electron chi connectivity index (χ2n) is 5.00. The van der Waals surface area contributed by atoms with E-state index in [9.17, 15) is 15.2 Å². The van der Waals surface area contributed by atoms with Crippen molar-refractivity contribution >= 4 is 5.69 Å². The summed E-state index contributed by atoms with van der Waals surface area (Å²) in [6.45, 7) is 2.00. The van der Waals surface area contributed by atoms with Crippen molar-refractivity contribution in [3.8, 4) is 0 Å². The highest BCUT2D eigenvalue weighted by atomic mass is 16.6. The Morgan fingerprint density at radius 2 is 2.00 bits per heavy atom. The van der Waals surface area contributed by atoms with E-state index in [2.05, 4.69) is 12.0 Å². The maximum Gasteiger partial charge on any atom is 0.269 e. The minimum absolute atomic E-state index is 0.0844. The Hall–Kier alpha value is -2.21. The Kier molecular flexibility index (Phi) is 4.70. The van der Waals surface area contributed by atoms with Crippen LogP contribution >= 0.6 is 0 Å². The summed E-state index contributed by atoms with van der Waals surface area (Å²) in [6, 6.07) is 6.51. The van der Waals surface area contributed by atoms with Crippen LogP contribution in [-0.4, -0.2) is 19.8 Å². The average molecular weight is 289 g/mol. The van der Waals surface area contributed by atoms with Crippen LogP contribution in [0.25, 0.3) is 0 Å². The van der Waals surface area contributed by atoms with Gasteiger partial charge < -0.3 is 5.11 Å². The lowest BCUT2D eigenvalue weighted by Gasteiger charge is -2.06. The summed E-state index contributed by atoms with van der Waals surface area (Å²) in [6.07, 6.45) is 2.51. The van der Waals surface area contributed by atoms with Crippen LogP contribution in [0.2, 0.25) is 0 Å². The van der Waals surface area contributed by atoms with Crippen molar-refractivity contribution < 1.29 is 10.0 Å². The molecule has 0 saturated carbocycles. The first-order chi connectivity index (χ1) is 10.1. The zero-order valence-electron chi connectivity index (χ0n) is 12.2. The lowest BCUT2D eigenvalue weighted by molar-refractivity contribution is -0.384. The van der Waals surface area contributed by atoms with Gasteiger partial charge in [0.2, 0.25) is 0 Å². The van der Waals surface area contributed by atoms with Crippen molar-refractivity contribution in [2.45, 2.75) is 32.8 Å². The molecular weight excluding hydrogens is 270 g/mol. The Morgan fingerprint density at radius 3 is 2.52 bits per heavy atom. The number of nitro benzene ring substituents is 1. The van der Waals surface area contributed by atoms with Crippen LogP contribution in [-0.2, 0) is 26.5 Å². The fraction of sp³-hybridized carbons (Fsp3) is 0.400. The van der Waals surface area contributed by atoms with Crippen molar-refractivity contribution in [2.24, 2.45) is 7.05 Å². The monoisotopic (exact) mass is 289 g/mol. The summed E-state index contributed by atoms with van der Waals surface area (Å²) in [5, 5.41) is 24.5. The van der Waals surface area contributed by atoms with E-state index in [0.29, 0.717) is 12.1 Å². The molecule has 0 radical (unpaired) electrons. The minimum Gasteiger partial charge on any atom is -0.390 e. The smallest absolute Gasteiger partial charge is 0.269 e. The summed E-state index contributed by atoms with van der Waals surface area (Å²) >= 11 is 0. The number of aliphatic hydroxyl groups excluding tert-OH is 1. The molecule has 1 N–H and O–H groups in total. The highest BCUT2D eigenvalue weighted by Gasteiger charge is 2.15. The van der Waals surface area contributed by atoms with Gasteiger partial charge >= 0.3 is 0 Å². The molecule has 0 spiro atoms. The largest absolute Gasteiger partial charge is 0.390 e. The molecule has 2 rings (SSSR count). The van der Waals surface area contributed by atoms with Crippen LogP contribution in [0.1, 0.15) is 35.9 Å². The average Bonchev–Trinajstić information content (AvgIpc) is 2.76. The number of nitrogens with zero attached hydrogens (tertiary/aromatic N) is 3. The van der Waals surface area contributed by atoms with Crippen LogP contribution in [0.4, 0.5) is 5.69 Å². The molecule has 0 aliphatic heterocycles. The predicted molar refractivity (Wildman–Crippen MR) is 79.0 cm³/mol. The fourth-order valence-electron chi connectivity index (χ4n) is 2.48. The molecule has 1 heterocycles. The minimum atomic E-state index is -0.407. The predicted octanol–water partition coefficient (Wildman–Crippen LogP) is 2.36. The number of hydrogen-bond donors (Lipinski definition) is 1. The van der Waals surface area contributed by atoms with Crippen molar-refractivity contribution in [2.75, 3.05) is 0 Å². The number of aliphatic hydroxyl groups is 1. The van der Waals surface area contributed by atoms with Gasteiger partial charge in [-0.1, -0.05) is 25.5 Å². The maximum absolute atomic E-state index is 10.7. The topological polar surface area (TPSA) is 81.2 Å². The van der Waals surface area contributed by atoms with Crippen LogP contribution in [0.3, 0.4) is 0 Å². The third kappa shape index (κ3) is 3.28. The summed E-state index contributed by atoms with van der Waals surface area (Å²) in [4.78, 5) is 10.3. The zero-order valence-corrected chi connectivity index (χ0v) is 12.2. The van der Waals surface area contributed by atoms with Crippen LogP contribution in [0.15, 0.2) is 24.3 Å². The second-order valence-corrected chi connectivity index (χ2v) is 5.00. The van der Waals surface area contributed by atoms with Crippen LogP contribution in [0.5, 0.6) is 0 Å². The number of hydrogen-bond acceptors (Lipinski definition) is 4. The van der Waals surface area contributed by atoms with Crippen molar-refractivity contribution in [1.82, 2.24) is 9.78 Å². The molecule has 0 atom stereocenters. The van der Waals surface area contributed by atoms with Gasteiger partial charge in [-0.15, -0.1) is 0 Å². The van der Waals surface area contributed by atoms with Crippen LogP contribution < -0.4 is 0 Å². The van der Waals surface area contributed by atoms with Gasteiger partial charge in [0.1, 0.15) is 0 Å². The van der Waals surface area contributed by atoms with Gasteiger partial charge in [0, 0.05) is 36.9 Å². The molecule has 1 aromatic heterocycles. The third-order valence-corrected chi connectivity index (χ3v) is 3.52. The standard InChI is InChI=1S/C15H19N3O3/c1-3-4-15-13(14(10-19)16-17(15)2)9-11-5-7-12(8-6-11)18(20)21/h5-8,19H,3-4,9-10H2,1-2H3. The normalized spacial score (nSPS) is 10.8. The highest BCUT2D eigenvalue weighted by Crippen LogP contribution is 2.21. The number of nitro groups is 1.